The predicted molar refractivity (Wildman–Crippen MR) is 90.0 cm³/mol. The van der Waals surface area contributed by atoms with Crippen LogP contribution in [0.3, 0.4) is 0 Å². The smallest absolute Gasteiger partial charge is 0.312 e. The highest BCUT2D eigenvalue weighted by atomic mass is 16.5. The number of oxazole rings is 1. The van der Waals surface area contributed by atoms with Crippen LogP contribution in [0.1, 0.15) is 16.2 Å². The van der Waals surface area contributed by atoms with Gasteiger partial charge >= 0.3 is 11.9 Å². The third-order valence-corrected chi connectivity index (χ3v) is 3.65. The van der Waals surface area contributed by atoms with Crippen LogP contribution in [0.5, 0.6) is 0 Å². The number of pyridine rings is 1. The second kappa shape index (κ2) is 6.26. The Morgan fingerprint density at radius 1 is 1.23 bits per heavy atom. The summed E-state index contributed by atoms with van der Waals surface area (Å²) in [7, 11) is 0. The fourth-order valence-electron chi connectivity index (χ4n) is 2.56. The lowest BCUT2D eigenvalue weighted by atomic mass is 10.2. The van der Waals surface area contributed by atoms with Crippen molar-refractivity contribution in [3.8, 4) is 11.4 Å². The number of rotatable bonds is 4. The summed E-state index contributed by atoms with van der Waals surface area (Å²) >= 11 is 0. The van der Waals surface area contributed by atoms with Gasteiger partial charge in [0.2, 0.25) is 11.7 Å². The van der Waals surface area contributed by atoms with Crippen LogP contribution in [0, 0.1) is 6.92 Å². The summed E-state index contributed by atoms with van der Waals surface area (Å²) in [6, 6.07) is 7.54. The monoisotopic (exact) mass is 351 g/mol. The quantitative estimate of drug-likeness (QED) is 0.376. The van der Waals surface area contributed by atoms with Crippen LogP contribution >= 0.6 is 0 Å². The Bertz CT molecular complexity index is 1100. The van der Waals surface area contributed by atoms with Crippen molar-refractivity contribution in [2.75, 3.05) is 5.32 Å². The van der Waals surface area contributed by atoms with E-state index in [1.54, 1.807) is 12.3 Å². The summed E-state index contributed by atoms with van der Waals surface area (Å²) in [4.78, 5) is 28.3. The molecule has 4 rings (SSSR count). The lowest BCUT2D eigenvalue weighted by Crippen LogP contribution is -2.17. The molecule has 10 heteroatoms. The fraction of sp³-hybridized carbons (Fsp3) is 0.0625. The number of fused-ring (bicyclic) bond motifs is 1. The van der Waals surface area contributed by atoms with E-state index in [2.05, 4.69) is 25.3 Å². The van der Waals surface area contributed by atoms with Crippen molar-refractivity contribution in [2.45, 2.75) is 6.92 Å². The number of nitrogens with one attached hydrogen (secondary N) is 2. The molecule has 10 nitrogen and oxygen atoms in total. The highest BCUT2D eigenvalue weighted by Gasteiger charge is 2.15. The van der Waals surface area contributed by atoms with Gasteiger partial charge in [0, 0.05) is 12.4 Å². The lowest BCUT2D eigenvalue weighted by molar-refractivity contribution is 0.0677. The molecule has 3 N–H and O–H groups in total. The van der Waals surface area contributed by atoms with Gasteiger partial charge in [0.1, 0.15) is 5.65 Å². The van der Waals surface area contributed by atoms with Crippen LogP contribution in [0.2, 0.25) is 0 Å². The van der Waals surface area contributed by atoms with Gasteiger partial charge in [-0.3, -0.25) is 19.7 Å². The summed E-state index contributed by atoms with van der Waals surface area (Å²) in [5, 5.41) is 11.4. The SMILES string of the molecule is Cc1nc2ccccn2c1-c1ccnc(Nc2ncc(C(=O)NO)o2)n1. The molecular formula is C16H13N7O3. The van der Waals surface area contributed by atoms with Gasteiger partial charge in [-0.25, -0.2) is 25.4 Å². The Labute approximate surface area is 146 Å². The lowest BCUT2D eigenvalue weighted by Gasteiger charge is -2.05. The van der Waals surface area contributed by atoms with Crippen molar-refractivity contribution in [3.63, 3.8) is 0 Å². The largest absolute Gasteiger partial charge is 0.418 e. The molecule has 0 saturated carbocycles. The summed E-state index contributed by atoms with van der Waals surface area (Å²) in [5.74, 6) is -0.712. The normalized spacial score (nSPS) is 10.8. The molecule has 26 heavy (non-hydrogen) atoms. The summed E-state index contributed by atoms with van der Waals surface area (Å²) < 4.78 is 7.11. The third-order valence-electron chi connectivity index (χ3n) is 3.65. The molecule has 130 valence electrons. The first-order valence-electron chi connectivity index (χ1n) is 7.60. The highest BCUT2D eigenvalue weighted by Crippen LogP contribution is 2.24. The van der Waals surface area contributed by atoms with Crippen molar-refractivity contribution >= 4 is 23.5 Å². The molecule has 0 aliphatic heterocycles. The van der Waals surface area contributed by atoms with Gasteiger partial charge in [0.25, 0.3) is 0 Å². The first-order chi connectivity index (χ1) is 12.7. The molecule has 0 aliphatic carbocycles. The van der Waals surface area contributed by atoms with E-state index in [9.17, 15) is 4.79 Å². The number of hydrogen-bond donors (Lipinski definition) is 3. The van der Waals surface area contributed by atoms with E-state index in [1.165, 1.54) is 11.7 Å². The molecule has 4 heterocycles. The summed E-state index contributed by atoms with van der Waals surface area (Å²) in [5.41, 5.74) is 4.63. The number of aromatic nitrogens is 5. The van der Waals surface area contributed by atoms with Crippen LogP contribution < -0.4 is 10.8 Å². The number of aryl methyl sites for hydroxylation is 1. The Kier molecular flexibility index (Phi) is 3.78. The van der Waals surface area contributed by atoms with Crippen LogP contribution in [-0.2, 0) is 0 Å². The molecule has 0 atom stereocenters. The topological polar surface area (TPSA) is 130 Å². The molecule has 0 spiro atoms. The second-order valence-electron chi connectivity index (χ2n) is 5.34. The van der Waals surface area contributed by atoms with Crippen LogP contribution in [0.4, 0.5) is 12.0 Å². The summed E-state index contributed by atoms with van der Waals surface area (Å²) in [6.07, 6.45) is 4.68. The minimum atomic E-state index is -0.804. The molecule has 4 aromatic rings. The average Bonchev–Trinajstić information content (AvgIpc) is 3.24. The van der Waals surface area contributed by atoms with Crippen molar-refractivity contribution in [2.24, 2.45) is 0 Å². The Hall–Kier alpha value is -3.79. The van der Waals surface area contributed by atoms with Gasteiger partial charge in [-0.1, -0.05) is 6.07 Å². The van der Waals surface area contributed by atoms with E-state index in [0.29, 0.717) is 5.69 Å². The first-order valence-corrected chi connectivity index (χ1v) is 7.60. The molecule has 0 bridgehead atoms. The van der Waals surface area contributed by atoms with Crippen LogP contribution in [-0.4, -0.2) is 35.5 Å². The zero-order valence-electron chi connectivity index (χ0n) is 13.5. The third kappa shape index (κ3) is 2.74. The van der Waals surface area contributed by atoms with E-state index < -0.39 is 5.91 Å². The number of nitrogens with zero attached hydrogens (tertiary/aromatic N) is 5. The maximum absolute atomic E-state index is 11.3. The number of anilines is 2. The highest BCUT2D eigenvalue weighted by molar-refractivity contribution is 5.90. The number of hydroxylamine groups is 1. The van der Waals surface area contributed by atoms with Gasteiger partial charge in [-0.2, -0.15) is 0 Å². The molecule has 0 aromatic carbocycles. The minimum absolute atomic E-state index is 0.0237. The molecule has 0 aliphatic rings. The predicted octanol–water partition coefficient (Wildman–Crippen LogP) is 1.95. The number of hydrogen-bond acceptors (Lipinski definition) is 8. The zero-order valence-corrected chi connectivity index (χ0v) is 13.5. The number of carbonyl (C=O) groups excluding carboxylic acids is 1. The molecule has 0 saturated heterocycles. The molecule has 0 radical (unpaired) electrons. The summed E-state index contributed by atoms with van der Waals surface area (Å²) in [6.45, 7) is 1.91. The molecular weight excluding hydrogens is 338 g/mol. The molecule has 0 unspecified atom stereocenters. The van der Waals surface area contributed by atoms with Gasteiger partial charge in [-0.05, 0) is 25.1 Å². The van der Waals surface area contributed by atoms with E-state index >= 15 is 0 Å². The maximum atomic E-state index is 11.3. The van der Waals surface area contributed by atoms with Crippen molar-refractivity contribution in [3.05, 3.63) is 54.3 Å². The number of imidazole rings is 1. The Morgan fingerprint density at radius 3 is 2.96 bits per heavy atom. The van der Waals surface area contributed by atoms with E-state index in [4.69, 9.17) is 9.62 Å². The first kappa shape index (κ1) is 15.7. The molecule has 1 amide bonds. The standard InChI is InChI=1S/C16H13N7O3/c1-9-13(23-7-3-2-4-12(23)19-9)10-5-6-17-15(20-10)21-16-18-8-11(26-16)14(24)22-25/h2-8,25H,1H3,(H,22,24)(H,17,18,20,21). The van der Waals surface area contributed by atoms with Gasteiger partial charge in [0.05, 0.1) is 23.3 Å². The average molecular weight is 351 g/mol. The molecule has 4 aromatic heterocycles. The van der Waals surface area contributed by atoms with E-state index in [-0.39, 0.29) is 17.7 Å². The number of carbonyl (C=O) groups is 1. The minimum Gasteiger partial charge on any atom is -0.418 e. The second-order valence-corrected chi connectivity index (χ2v) is 5.34. The fourth-order valence-corrected chi connectivity index (χ4v) is 2.56. The molecule has 0 fully saturated rings. The van der Waals surface area contributed by atoms with Gasteiger partial charge < -0.3 is 4.42 Å². The van der Waals surface area contributed by atoms with Crippen molar-refractivity contribution in [1.82, 2.24) is 29.8 Å². The van der Waals surface area contributed by atoms with Gasteiger partial charge in [0.15, 0.2) is 0 Å². The Balaban J connectivity index is 1.67. The van der Waals surface area contributed by atoms with Crippen molar-refractivity contribution < 1.29 is 14.4 Å². The number of amides is 1. The zero-order chi connectivity index (χ0) is 18.1. The van der Waals surface area contributed by atoms with Gasteiger partial charge in [-0.15, -0.1) is 0 Å². The van der Waals surface area contributed by atoms with Crippen LogP contribution in [0.15, 0.2) is 47.3 Å². The maximum Gasteiger partial charge on any atom is 0.312 e. The van der Waals surface area contributed by atoms with Crippen molar-refractivity contribution in [1.29, 1.82) is 0 Å². The Morgan fingerprint density at radius 2 is 2.12 bits per heavy atom. The van der Waals surface area contributed by atoms with Crippen LogP contribution in [0.25, 0.3) is 17.0 Å². The van der Waals surface area contributed by atoms with E-state index in [1.807, 2.05) is 35.7 Å². The van der Waals surface area contributed by atoms with E-state index in [0.717, 1.165) is 17.0 Å².